The van der Waals surface area contributed by atoms with Crippen molar-refractivity contribution in [3.8, 4) is 0 Å². The summed E-state index contributed by atoms with van der Waals surface area (Å²) < 4.78 is 6.21. The smallest absolute Gasteiger partial charge is 0.268 e. The third-order valence-corrected chi connectivity index (χ3v) is 4.43. The zero-order valence-corrected chi connectivity index (χ0v) is 12.3. The molecule has 1 amide bonds. The molecule has 0 fully saturated rings. The van der Waals surface area contributed by atoms with E-state index in [2.05, 4.69) is 21.4 Å². The van der Waals surface area contributed by atoms with Gasteiger partial charge in [-0.1, -0.05) is 0 Å². The lowest BCUT2D eigenvalue weighted by atomic mass is 10.2. The first-order chi connectivity index (χ1) is 9.11. The molecule has 1 aromatic heterocycles. The van der Waals surface area contributed by atoms with E-state index in [0.717, 1.165) is 9.37 Å². The second-order valence-corrected chi connectivity index (χ2v) is 5.58. The van der Waals surface area contributed by atoms with Crippen LogP contribution >= 0.6 is 27.7 Å². The summed E-state index contributed by atoms with van der Waals surface area (Å²) in [7, 11) is 0. The first kappa shape index (κ1) is 14.0. The Hall–Kier alpha value is -1.44. The molecule has 5 N–H and O–H groups in total. The third-order valence-electron chi connectivity index (χ3n) is 2.44. The Morgan fingerprint density at radius 2 is 2.21 bits per heavy atom. The molecule has 0 unspecified atom stereocenters. The van der Waals surface area contributed by atoms with Crippen LogP contribution < -0.4 is 17.0 Å². The maximum atomic E-state index is 11.5. The number of nitrogens with two attached hydrogens (primary N) is 2. The summed E-state index contributed by atoms with van der Waals surface area (Å²) in [5.41, 5.74) is 8.90. The van der Waals surface area contributed by atoms with Crippen molar-refractivity contribution in [3.63, 3.8) is 0 Å². The van der Waals surface area contributed by atoms with Gasteiger partial charge in [0.05, 0.1) is 17.6 Å². The zero-order chi connectivity index (χ0) is 13.8. The van der Waals surface area contributed by atoms with Crippen molar-refractivity contribution in [3.05, 3.63) is 46.3 Å². The maximum Gasteiger partial charge on any atom is 0.268 e. The van der Waals surface area contributed by atoms with Gasteiger partial charge in [0.25, 0.3) is 5.91 Å². The van der Waals surface area contributed by atoms with Gasteiger partial charge < -0.3 is 10.2 Å². The van der Waals surface area contributed by atoms with Gasteiger partial charge in [0.15, 0.2) is 0 Å². The molecule has 1 aromatic carbocycles. The van der Waals surface area contributed by atoms with Crippen LogP contribution in [0.5, 0.6) is 0 Å². The lowest BCUT2D eigenvalue weighted by Crippen LogP contribution is -2.30. The van der Waals surface area contributed by atoms with Gasteiger partial charge in [-0.15, -0.1) is 11.8 Å². The SMILES string of the molecule is NNC(=O)c1ccoc1CSc1ccc(N)cc1Br. The minimum Gasteiger partial charge on any atom is -0.468 e. The van der Waals surface area contributed by atoms with Crippen LogP contribution in [0.1, 0.15) is 16.1 Å². The van der Waals surface area contributed by atoms with Crippen molar-refractivity contribution in [2.24, 2.45) is 5.84 Å². The van der Waals surface area contributed by atoms with E-state index < -0.39 is 0 Å². The van der Waals surface area contributed by atoms with Crippen LogP contribution in [0, 0.1) is 0 Å². The average molecular weight is 342 g/mol. The molecule has 2 rings (SSSR count). The van der Waals surface area contributed by atoms with Crippen LogP contribution in [0.3, 0.4) is 0 Å². The molecule has 100 valence electrons. The number of rotatable bonds is 4. The van der Waals surface area contributed by atoms with E-state index in [4.69, 9.17) is 16.0 Å². The Balaban J connectivity index is 2.10. The number of halogens is 1. The summed E-state index contributed by atoms with van der Waals surface area (Å²) in [5.74, 6) is 5.86. The summed E-state index contributed by atoms with van der Waals surface area (Å²) in [4.78, 5) is 12.5. The molecule has 0 aliphatic heterocycles. The van der Waals surface area contributed by atoms with Crippen LogP contribution in [0.25, 0.3) is 0 Å². The van der Waals surface area contributed by atoms with Crippen LogP contribution in [-0.2, 0) is 5.75 Å². The summed E-state index contributed by atoms with van der Waals surface area (Å²) in [6.45, 7) is 0. The van der Waals surface area contributed by atoms with Gasteiger partial charge in [-0.3, -0.25) is 10.2 Å². The number of nitrogens with one attached hydrogen (secondary N) is 1. The van der Waals surface area contributed by atoms with Crippen molar-refractivity contribution in [1.82, 2.24) is 5.43 Å². The fourth-order valence-electron chi connectivity index (χ4n) is 1.51. The van der Waals surface area contributed by atoms with E-state index in [1.807, 2.05) is 18.2 Å². The highest BCUT2D eigenvalue weighted by Gasteiger charge is 2.14. The van der Waals surface area contributed by atoms with Crippen LogP contribution in [-0.4, -0.2) is 5.91 Å². The quantitative estimate of drug-likeness (QED) is 0.261. The minimum atomic E-state index is -0.360. The third kappa shape index (κ3) is 3.31. The number of hydrogen-bond donors (Lipinski definition) is 3. The number of amides is 1. The molecular formula is C12H12BrN3O2S. The predicted octanol–water partition coefficient (Wildman–Crippen LogP) is 2.52. The molecule has 5 nitrogen and oxygen atoms in total. The topological polar surface area (TPSA) is 94.3 Å². The molecule has 0 aliphatic carbocycles. The number of carbonyl (C=O) groups is 1. The molecule has 2 aromatic rings. The first-order valence-corrected chi connectivity index (χ1v) is 7.15. The number of thioether (sulfide) groups is 1. The lowest BCUT2D eigenvalue weighted by Gasteiger charge is -2.05. The average Bonchev–Trinajstić information content (AvgIpc) is 2.85. The summed E-state index contributed by atoms with van der Waals surface area (Å²) in [6.07, 6.45) is 1.47. The molecule has 1 heterocycles. The normalized spacial score (nSPS) is 10.4. The Bertz CT molecular complexity index is 600. The van der Waals surface area contributed by atoms with Crippen molar-refractivity contribution >= 4 is 39.3 Å². The molecule has 0 saturated heterocycles. The van der Waals surface area contributed by atoms with Crippen molar-refractivity contribution in [2.45, 2.75) is 10.6 Å². The molecular weight excluding hydrogens is 330 g/mol. The Kier molecular flexibility index (Phi) is 4.52. The highest BCUT2D eigenvalue weighted by Crippen LogP contribution is 2.32. The first-order valence-electron chi connectivity index (χ1n) is 5.37. The van der Waals surface area contributed by atoms with Gasteiger partial charge in [0, 0.05) is 15.1 Å². The van der Waals surface area contributed by atoms with Crippen LogP contribution in [0.2, 0.25) is 0 Å². The minimum absolute atomic E-state index is 0.360. The number of carbonyl (C=O) groups excluding carboxylic acids is 1. The van der Waals surface area contributed by atoms with E-state index >= 15 is 0 Å². The summed E-state index contributed by atoms with van der Waals surface area (Å²) in [6, 6.07) is 7.16. The van der Waals surface area contributed by atoms with Gasteiger partial charge >= 0.3 is 0 Å². The van der Waals surface area contributed by atoms with Crippen LogP contribution in [0.4, 0.5) is 5.69 Å². The standard InChI is InChI=1S/C12H12BrN3O2S/c13-9-5-7(14)1-2-11(9)19-6-10-8(3-4-18-10)12(17)16-15/h1-5H,6,14-15H2,(H,16,17). The van der Waals surface area contributed by atoms with Gasteiger partial charge in [0.1, 0.15) is 5.76 Å². The molecule has 0 saturated carbocycles. The van der Waals surface area contributed by atoms with E-state index in [9.17, 15) is 4.79 Å². The number of hydrogen-bond acceptors (Lipinski definition) is 5. The molecule has 0 spiro atoms. The Morgan fingerprint density at radius 3 is 2.89 bits per heavy atom. The molecule has 0 aliphatic rings. The highest BCUT2D eigenvalue weighted by molar-refractivity contribution is 9.10. The fourth-order valence-corrected chi connectivity index (χ4v) is 3.12. The highest BCUT2D eigenvalue weighted by atomic mass is 79.9. The lowest BCUT2D eigenvalue weighted by molar-refractivity contribution is 0.0952. The van der Waals surface area contributed by atoms with E-state index in [1.165, 1.54) is 18.0 Å². The predicted molar refractivity (Wildman–Crippen MR) is 78.5 cm³/mol. The molecule has 19 heavy (non-hydrogen) atoms. The van der Waals surface area contributed by atoms with Crippen molar-refractivity contribution in [1.29, 1.82) is 0 Å². The number of benzene rings is 1. The largest absolute Gasteiger partial charge is 0.468 e. The number of furan rings is 1. The Morgan fingerprint density at radius 1 is 1.42 bits per heavy atom. The maximum absolute atomic E-state index is 11.5. The fraction of sp³-hybridized carbons (Fsp3) is 0.0833. The van der Waals surface area contributed by atoms with E-state index in [-0.39, 0.29) is 5.91 Å². The molecule has 0 radical (unpaired) electrons. The molecule has 0 bridgehead atoms. The van der Waals surface area contributed by atoms with Gasteiger partial charge in [0.2, 0.25) is 0 Å². The van der Waals surface area contributed by atoms with Gasteiger partial charge in [-0.2, -0.15) is 0 Å². The summed E-state index contributed by atoms with van der Waals surface area (Å²) >= 11 is 4.98. The van der Waals surface area contributed by atoms with Crippen molar-refractivity contribution < 1.29 is 9.21 Å². The number of hydrazine groups is 1. The van der Waals surface area contributed by atoms with E-state index in [0.29, 0.717) is 22.8 Å². The van der Waals surface area contributed by atoms with E-state index in [1.54, 1.807) is 6.07 Å². The molecule has 0 atom stereocenters. The Labute approximate surface area is 122 Å². The van der Waals surface area contributed by atoms with Gasteiger partial charge in [-0.05, 0) is 40.2 Å². The number of nitrogen functional groups attached to an aromatic ring is 2. The second kappa shape index (κ2) is 6.14. The second-order valence-electron chi connectivity index (χ2n) is 3.71. The molecule has 7 heteroatoms. The monoisotopic (exact) mass is 341 g/mol. The van der Waals surface area contributed by atoms with Gasteiger partial charge in [-0.25, -0.2) is 5.84 Å². The van der Waals surface area contributed by atoms with Crippen LogP contribution in [0.15, 0.2) is 44.3 Å². The van der Waals surface area contributed by atoms with Crippen molar-refractivity contribution in [2.75, 3.05) is 5.73 Å². The zero-order valence-electron chi connectivity index (χ0n) is 9.85. The number of anilines is 1. The summed E-state index contributed by atoms with van der Waals surface area (Å²) in [5, 5.41) is 0.